The first-order chi connectivity index (χ1) is 9.20. The highest BCUT2D eigenvalue weighted by atomic mass is 16.5. The molecule has 1 aromatic rings. The van der Waals surface area contributed by atoms with Gasteiger partial charge in [0.2, 0.25) is 5.91 Å². The van der Waals surface area contributed by atoms with E-state index in [2.05, 4.69) is 22.8 Å². The SMILES string of the molecule is COCCC(C)NC(=O)C1Cc2ccccc2CN1. The average Bonchev–Trinajstić information content (AvgIpc) is 2.44. The highest BCUT2D eigenvalue weighted by molar-refractivity contribution is 5.82. The molecule has 4 heteroatoms. The van der Waals surface area contributed by atoms with Gasteiger partial charge in [-0.05, 0) is 30.9 Å². The van der Waals surface area contributed by atoms with Crippen molar-refractivity contribution in [1.82, 2.24) is 10.6 Å². The van der Waals surface area contributed by atoms with Gasteiger partial charge in [0.05, 0.1) is 6.04 Å². The molecule has 1 heterocycles. The molecular weight excluding hydrogens is 240 g/mol. The number of hydrogen-bond donors (Lipinski definition) is 2. The van der Waals surface area contributed by atoms with E-state index < -0.39 is 0 Å². The Labute approximate surface area is 114 Å². The third-order valence-corrected chi connectivity index (χ3v) is 3.54. The van der Waals surface area contributed by atoms with Gasteiger partial charge in [-0.15, -0.1) is 0 Å². The van der Waals surface area contributed by atoms with Crippen LogP contribution in [0.1, 0.15) is 24.5 Å². The summed E-state index contributed by atoms with van der Waals surface area (Å²) < 4.78 is 5.02. The second-order valence-electron chi connectivity index (χ2n) is 5.10. The number of benzene rings is 1. The fourth-order valence-corrected chi connectivity index (χ4v) is 2.35. The molecule has 0 saturated heterocycles. The molecule has 104 valence electrons. The van der Waals surface area contributed by atoms with Crippen molar-refractivity contribution in [2.24, 2.45) is 0 Å². The largest absolute Gasteiger partial charge is 0.385 e. The van der Waals surface area contributed by atoms with Crippen molar-refractivity contribution in [2.45, 2.75) is 38.4 Å². The molecule has 0 fully saturated rings. The zero-order valence-electron chi connectivity index (χ0n) is 11.6. The van der Waals surface area contributed by atoms with Gasteiger partial charge in [0.25, 0.3) is 0 Å². The lowest BCUT2D eigenvalue weighted by molar-refractivity contribution is -0.124. The van der Waals surface area contributed by atoms with Gasteiger partial charge >= 0.3 is 0 Å². The van der Waals surface area contributed by atoms with Gasteiger partial charge in [0.15, 0.2) is 0 Å². The maximum atomic E-state index is 12.2. The van der Waals surface area contributed by atoms with Crippen LogP contribution >= 0.6 is 0 Å². The van der Waals surface area contributed by atoms with Crippen LogP contribution in [0.2, 0.25) is 0 Å². The van der Waals surface area contributed by atoms with Crippen molar-refractivity contribution >= 4 is 5.91 Å². The first-order valence-electron chi connectivity index (χ1n) is 6.80. The Kier molecular flexibility index (Phi) is 4.93. The van der Waals surface area contributed by atoms with E-state index in [1.807, 2.05) is 19.1 Å². The summed E-state index contributed by atoms with van der Waals surface area (Å²) in [6.45, 7) is 3.44. The Morgan fingerprint density at radius 3 is 2.95 bits per heavy atom. The molecule has 1 aromatic carbocycles. The van der Waals surface area contributed by atoms with Gasteiger partial charge in [0.1, 0.15) is 0 Å². The molecule has 19 heavy (non-hydrogen) atoms. The van der Waals surface area contributed by atoms with E-state index in [0.717, 1.165) is 19.4 Å². The number of carbonyl (C=O) groups is 1. The summed E-state index contributed by atoms with van der Waals surface area (Å²) in [5.41, 5.74) is 2.56. The van der Waals surface area contributed by atoms with Crippen LogP contribution in [0.4, 0.5) is 0 Å². The van der Waals surface area contributed by atoms with Crippen molar-refractivity contribution in [3.8, 4) is 0 Å². The summed E-state index contributed by atoms with van der Waals surface area (Å²) in [5, 5.41) is 6.33. The molecule has 0 radical (unpaired) electrons. The minimum absolute atomic E-state index is 0.0816. The Hall–Kier alpha value is -1.39. The summed E-state index contributed by atoms with van der Waals surface area (Å²) in [6, 6.07) is 8.29. The lowest BCUT2D eigenvalue weighted by atomic mass is 9.95. The maximum absolute atomic E-state index is 12.2. The molecule has 2 rings (SSSR count). The number of fused-ring (bicyclic) bond motifs is 1. The summed E-state index contributed by atoms with van der Waals surface area (Å²) >= 11 is 0. The van der Waals surface area contributed by atoms with E-state index >= 15 is 0 Å². The molecule has 0 aliphatic carbocycles. The molecule has 1 aliphatic rings. The lowest BCUT2D eigenvalue weighted by Gasteiger charge is -2.26. The van der Waals surface area contributed by atoms with Gasteiger partial charge < -0.3 is 15.4 Å². The summed E-state index contributed by atoms with van der Waals surface area (Å²) in [4.78, 5) is 12.2. The van der Waals surface area contributed by atoms with Crippen LogP contribution in [0.15, 0.2) is 24.3 Å². The quantitative estimate of drug-likeness (QED) is 0.839. The molecule has 1 amide bonds. The zero-order chi connectivity index (χ0) is 13.7. The monoisotopic (exact) mass is 262 g/mol. The molecule has 2 unspecified atom stereocenters. The number of nitrogens with one attached hydrogen (secondary N) is 2. The van der Waals surface area contributed by atoms with Gasteiger partial charge in [-0.2, -0.15) is 0 Å². The molecule has 0 saturated carbocycles. The smallest absolute Gasteiger partial charge is 0.237 e. The van der Waals surface area contributed by atoms with Crippen LogP contribution in [-0.2, 0) is 22.5 Å². The third kappa shape index (κ3) is 3.78. The Morgan fingerprint density at radius 1 is 1.47 bits per heavy atom. The molecule has 4 nitrogen and oxygen atoms in total. The number of methoxy groups -OCH3 is 1. The van der Waals surface area contributed by atoms with Crippen LogP contribution in [0, 0.1) is 0 Å². The van der Waals surface area contributed by atoms with Crippen molar-refractivity contribution in [2.75, 3.05) is 13.7 Å². The highest BCUT2D eigenvalue weighted by Gasteiger charge is 2.24. The summed E-state index contributed by atoms with van der Waals surface area (Å²) in [5.74, 6) is 0.0816. The second-order valence-corrected chi connectivity index (χ2v) is 5.10. The predicted octanol–water partition coefficient (Wildman–Crippen LogP) is 1.24. The van der Waals surface area contributed by atoms with E-state index in [1.54, 1.807) is 7.11 Å². The third-order valence-electron chi connectivity index (χ3n) is 3.54. The lowest BCUT2D eigenvalue weighted by Crippen LogP contribution is -2.50. The van der Waals surface area contributed by atoms with Crippen LogP contribution < -0.4 is 10.6 Å². The van der Waals surface area contributed by atoms with Crippen molar-refractivity contribution in [3.05, 3.63) is 35.4 Å². The van der Waals surface area contributed by atoms with E-state index in [9.17, 15) is 4.79 Å². The van der Waals surface area contributed by atoms with E-state index in [0.29, 0.717) is 6.61 Å². The van der Waals surface area contributed by atoms with Gasteiger partial charge in [-0.1, -0.05) is 24.3 Å². The van der Waals surface area contributed by atoms with Gasteiger partial charge in [-0.3, -0.25) is 4.79 Å². The van der Waals surface area contributed by atoms with E-state index in [1.165, 1.54) is 11.1 Å². The molecule has 0 bridgehead atoms. The molecular formula is C15H22N2O2. The number of ether oxygens (including phenoxy) is 1. The van der Waals surface area contributed by atoms with Gasteiger partial charge in [-0.25, -0.2) is 0 Å². The first kappa shape index (κ1) is 14.0. The number of rotatable bonds is 5. The molecule has 1 aliphatic heterocycles. The number of carbonyl (C=O) groups excluding carboxylic acids is 1. The standard InChI is InChI=1S/C15H22N2O2/c1-11(7-8-19-2)17-15(18)14-9-12-5-3-4-6-13(12)10-16-14/h3-6,11,14,16H,7-10H2,1-2H3,(H,17,18). The first-order valence-corrected chi connectivity index (χ1v) is 6.80. The predicted molar refractivity (Wildman–Crippen MR) is 74.9 cm³/mol. The van der Waals surface area contributed by atoms with Crippen molar-refractivity contribution < 1.29 is 9.53 Å². The van der Waals surface area contributed by atoms with Crippen molar-refractivity contribution in [3.63, 3.8) is 0 Å². The van der Waals surface area contributed by atoms with Crippen LogP contribution in [0.25, 0.3) is 0 Å². The normalized spacial score (nSPS) is 19.6. The van der Waals surface area contributed by atoms with Crippen LogP contribution in [0.3, 0.4) is 0 Å². The Morgan fingerprint density at radius 2 is 2.21 bits per heavy atom. The topological polar surface area (TPSA) is 50.4 Å². The summed E-state index contributed by atoms with van der Waals surface area (Å²) in [7, 11) is 1.67. The minimum atomic E-state index is -0.125. The fourth-order valence-electron chi connectivity index (χ4n) is 2.35. The zero-order valence-corrected chi connectivity index (χ0v) is 11.6. The van der Waals surface area contributed by atoms with Crippen molar-refractivity contribution in [1.29, 1.82) is 0 Å². The van der Waals surface area contributed by atoms with Crippen LogP contribution in [0.5, 0.6) is 0 Å². The highest BCUT2D eigenvalue weighted by Crippen LogP contribution is 2.16. The molecule has 2 N–H and O–H groups in total. The minimum Gasteiger partial charge on any atom is -0.385 e. The number of amides is 1. The molecule has 0 aromatic heterocycles. The summed E-state index contributed by atoms with van der Waals surface area (Å²) in [6.07, 6.45) is 1.60. The maximum Gasteiger partial charge on any atom is 0.237 e. The molecule has 0 spiro atoms. The van der Waals surface area contributed by atoms with Crippen LogP contribution in [-0.4, -0.2) is 31.7 Å². The van der Waals surface area contributed by atoms with E-state index in [-0.39, 0.29) is 18.0 Å². The van der Waals surface area contributed by atoms with Gasteiger partial charge in [0, 0.05) is 26.3 Å². The average molecular weight is 262 g/mol. The fraction of sp³-hybridized carbons (Fsp3) is 0.533. The van der Waals surface area contributed by atoms with E-state index in [4.69, 9.17) is 4.74 Å². The molecule has 2 atom stereocenters. The Bertz CT molecular complexity index is 434. The second kappa shape index (κ2) is 6.68. The Balaban J connectivity index is 1.88. The number of hydrogen-bond acceptors (Lipinski definition) is 3.